The van der Waals surface area contributed by atoms with Crippen molar-refractivity contribution in [1.29, 1.82) is 0 Å². The number of hydrogen-bond donors (Lipinski definition) is 2. The van der Waals surface area contributed by atoms with Gasteiger partial charge in [0.1, 0.15) is 22.8 Å². The molecule has 0 aliphatic carbocycles. The summed E-state index contributed by atoms with van der Waals surface area (Å²) >= 11 is 0. The van der Waals surface area contributed by atoms with Gasteiger partial charge in [0.2, 0.25) is 10.0 Å². The first-order chi connectivity index (χ1) is 14.7. The molecule has 2 N–H and O–H groups in total. The number of ether oxygens (including phenoxy) is 2. The normalized spacial score (nSPS) is 24.0. The lowest BCUT2D eigenvalue weighted by molar-refractivity contribution is -0.124. The van der Waals surface area contributed by atoms with Gasteiger partial charge < -0.3 is 14.8 Å². The summed E-state index contributed by atoms with van der Waals surface area (Å²) in [7, 11) is -2.30. The van der Waals surface area contributed by atoms with E-state index >= 15 is 0 Å². The number of nitrogens with zero attached hydrogens (tertiary/aromatic N) is 1. The van der Waals surface area contributed by atoms with E-state index in [0.717, 1.165) is 0 Å². The molecule has 4 rings (SSSR count). The Hall–Kier alpha value is -3.11. The predicted octanol–water partition coefficient (Wildman–Crippen LogP) is 2.24. The smallest absolute Gasteiger partial charge is 0.322 e. The summed E-state index contributed by atoms with van der Waals surface area (Å²) in [6, 6.07) is 11.8. The predicted molar refractivity (Wildman–Crippen MR) is 112 cm³/mol. The molecule has 10 heteroatoms. The minimum absolute atomic E-state index is 0.0924. The Labute approximate surface area is 180 Å². The van der Waals surface area contributed by atoms with Crippen molar-refractivity contribution in [1.82, 2.24) is 14.9 Å². The van der Waals surface area contributed by atoms with Gasteiger partial charge in [0.25, 0.3) is 5.91 Å². The summed E-state index contributed by atoms with van der Waals surface area (Å²) in [6.07, 6.45) is 1.07. The Kier molecular flexibility index (Phi) is 5.36. The van der Waals surface area contributed by atoms with Crippen LogP contribution in [0.1, 0.15) is 19.8 Å². The highest BCUT2D eigenvalue weighted by atomic mass is 32.2. The first-order valence-corrected chi connectivity index (χ1v) is 11.3. The minimum atomic E-state index is -3.87. The lowest BCUT2D eigenvalue weighted by atomic mass is 9.91. The summed E-state index contributed by atoms with van der Waals surface area (Å²) in [4.78, 5) is 24.1. The molecule has 3 amide bonds. The quantitative estimate of drug-likeness (QED) is 0.659. The SMILES string of the molecule is COc1ccc(Oc2ccc(S(=O)(=O)N3CCCC3C3(C)NC(=O)NC3=O)cc2)cc1. The molecule has 0 aromatic heterocycles. The van der Waals surface area contributed by atoms with Crippen molar-refractivity contribution in [3.63, 3.8) is 0 Å². The molecular formula is C21H23N3O6S. The third-order valence-corrected chi connectivity index (χ3v) is 7.59. The van der Waals surface area contributed by atoms with Crippen molar-refractivity contribution < 1.29 is 27.5 Å². The molecule has 2 fully saturated rings. The Morgan fingerprint density at radius 2 is 1.58 bits per heavy atom. The standard InChI is InChI=1S/C21H23N3O6S/c1-21(19(25)22-20(26)23-21)18-4-3-13-24(18)31(27,28)17-11-9-16(10-12-17)30-15-7-5-14(29-2)6-8-15/h5-12,18H,3-4,13H2,1-2H3,(H2,22,23,25,26). The zero-order chi connectivity index (χ0) is 22.2. The van der Waals surface area contributed by atoms with Gasteiger partial charge in [-0.25, -0.2) is 13.2 Å². The number of urea groups is 1. The van der Waals surface area contributed by atoms with Crippen LogP contribution in [0.3, 0.4) is 0 Å². The van der Waals surface area contributed by atoms with E-state index in [1.165, 1.54) is 16.4 Å². The molecule has 0 spiro atoms. The molecule has 2 aromatic rings. The van der Waals surface area contributed by atoms with Gasteiger partial charge in [-0.3, -0.25) is 10.1 Å². The Morgan fingerprint density at radius 3 is 2.13 bits per heavy atom. The van der Waals surface area contributed by atoms with Crippen LogP contribution in [0.5, 0.6) is 17.2 Å². The fourth-order valence-corrected chi connectivity index (χ4v) is 5.76. The second-order valence-electron chi connectivity index (χ2n) is 7.63. The van der Waals surface area contributed by atoms with Gasteiger partial charge in [-0.15, -0.1) is 0 Å². The van der Waals surface area contributed by atoms with Crippen LogP contribution < -0.4 is 20.1 Å². The molecule has 0 bridgehead atoms. The number of carbonyl (C=O) groups excluding carboxylic acids is 2. The van der Waals surface area contributed by atoms with Crippen molar-refractivity contribution in [3.8, 4) is 17.2 Å². The molecule has 2 heterocycles. The van der Waals surface area contributed by atoms with Crippen molar-refractivity contribution in [2.24, 2.45) is 0 Å². The fourth-order valence-electron chi connectivity index (χ4n) is 3.99. The Morgan fingerprint density at radius 1 is 1.00 bits per heavy atom. The van der Waals surface area contributed by atoms with E-state index in [4.69, 9.17) is 9.47 Å². The van der Waals surface area contributed by atoms with Gasteiger partial charge in [-0.05, 0) is 68.3 Å². The summed E-state index contributed by atoms with van der Waals surface area (Å²) in [5.74, 6) is 1.26. The molecule has 31 heavy (non-hydrogen) atoms. The van der Waals surface area contributed by atoms with Crippen LogP contribution in [0.4, 0.5) is 4.79 Å². The number of hydrogen-bond acceptors (Lipinski definition) is 6. The summed E-state index contributed by atoms with van der Waals surface area (Å²) < 4.78 is 38.8. The zero-order valence-electron chi connectivity index (χ0n) is 17.1. The Balaban J connectivity index is 1.54. The number of carbonyl (C=O) groups is 2. The van der Waals surface area contributed by atoms with Crippen LogP contribution in [0, 0.1) is 0 Å². The second-order valence-corrected chi connectivity index (χ2v) is 9.52. The van der Waals surface area contributed by atoms with Crippen LogP contribution in [-0.2, 0) is 14.8 Å². The van der Waals surface area contributed by atoms with Crippen molar-refractivity contribution in [3.05, 3.63) is 48.5 Å². The molecule has 2 aliphatic rings. The van der Waals surface area contributed by atoms with Gasteiger partial charge in [0.05, 0.1) is 18.0 Å². The van der Waals surface area contributed by atoms with E-state index in [1.54, 1.807) is 50.4 Å². The molecule has 2 unspecified atom stereocenters. The van der Waals surface area contributed by atoms with Crippen molar-refractivity contribution in [2.75, 3.05) is 13.7 Å². The molecule has 2 saturated heterocycles. The van der Waals surface area contributed by atoms with Gasteiger partial charge in [0, 0.05) is 6.54 Å². The first kappa shape index (κ1) is 21.1. The fraction of sp³-hybridized carbons (Fsp3) is 0.333. The lowest BCUT2D eigenvalue weighted by Crippen LogP contribution is -2.59. The molecule has 2 atom stereocenters. The highest BCUT2D eigenvalue weighted by Gasteiger charge is 2.54. The average molecular weight is 445 g/mol. The number of amides is 3. The molecule has 2 aliphatic heterocycles. The van der Waals surface area contributed by atoms with E-state index in [2.05, 4.69) is 10.6 Å². The summed E-state index contributed by atoms with van der Waals surface area (Å²) in [6.45, 7) is 1.83. The second kappa shape index (κ2) is 7.86. The number of imide groups is 1. The van der Waals surface area contributed by atoms with Crippen LogP contribution in [-0.4, -0.2) is 49.9 Å². The summed E-state index contributed by atoms with van der Waals surface area (Å²) in [5.41, 5.74) is -1.31. The van der Waals surface area contributed by atoms with Gasteiger partial charge in [0.15, 0.2) is 0 Å². The maximum absolute atomic E-state index is 13.3. The molecular weight excluding hydrogens is 422 g/mol. The zero-order valence-corrected chi connectivity index (χ0v) is 17.9. The van der Waals surface area contributed by atoms with Crippen LogP contribution in [0.15, 0.2) is 53.4 Å². The lowest BCUT2D eigenvalue weighted by Gasteiger charge is -2.34. The Bertz CT molecular complexity index is 1100. The number of rotatable bonds is 6. The van der Waals surface area contributed by atoms with E-state index in [0.29, 0.717) is 30.1 Å². The highest BCUT2D eigenvalue weighted by molar-refractivity contribution is 7.89. The highest BCUT2D eigenvalue weighted by Crippen LogP contribution is 2.34. The minimum Gasteiger partial charge on any atom is -0.497 e. The molecule has 9 nitrogen and oxygen atoms in total. The van der Waals surface area contributed by atoms with Crippen molar-refractivity contribution in [2.45, 2.75) is 36.2 Å². The average Bonchev–Trinajstić information content (AvgIpc) is 3.35. The molecule has 0 saturated carbocycles. The number of benzene rings is 2. The van der Waals surface area contributed by atoms with E-state index < -0.39 is 33.5 Å². The monoisotopic (exact) mass is 445 g/mol. The van der Waals surface area contributed by atoms with Gasteiger partial charge in [-0.2, -0.15) is 4.31 Å². The number of nitrogens with one attached hydrogen (secondary N) is 2. The maximum atomic E-state index is 13.3. The van der Waals surface area contributed by atoms with E-state index in [-0.39, 0.29) is 11.4 Å². The third-order valence-electron chi connectivity index (χ3n) is 5.67. The van der Waals surface area contributed by atoms with E-state index in [9.17, 15) is 18.0 Å². The molecule has 164 valence electrons. The third kappa shape index (κ3) is 3.84. The largest absolute Gasteiger partial charge is 0.497 e. The maximum Gasteiger partial charge on any atom is 0.322 e. The van der Waals surface area contributed by atoms with Gasteiger partial charge >= 0.3 is 6.03 Å². The molecule has 2 aromatic carbocycles. The van der Waals surface area contributed by atoms with Crippen LogP contribution in [0.25, 0.3) is 0 Å². The van der Waals surface area contributed by atoms with Gasteiger partial charge in [-0.1, -0.05) is 0 Å². The number of methoxy groups -OCH3 is 1. The van der Waals surface area contributed by atoms with Crippen molar-refractivity contribution >= 4 is 22.0 Å². The number of sulfonamides is 1. The van der Waals surface area contributed by atoms with E-state index in [1.807, 2.05) is 0 Å². The summed E-state index contributed by atoms with van der Waals surface area (Å²) in [5, 5.41) is 4.78. The molecule has 0 radical (unpaired) electrons. The van der Waals surface area contributed by atoms with Crippen LogP contribution in [0.2, 0.25) is 0 Å². The van der Waals surface area contributed by atoms with Crippen LogP contribution >= 0.6 is 0 Å². The topological polar surface area (TPSA) is 114 Å². The first-order valence-electron chi connectivity index (χ1n) is 9.81.